The first kappa shape index (κ1) is 21.0. The van der Waals surface area contributed by atoms with Gasteiger partial charge in [0.2, 0.25) is 0 Å². The molecule has 2 heterocycles. The average Bonchev–Trinajstić information content (AvgIpc) is 3.14. The monoisotopic (exact) mass is 429 g/mol. The first-order chi connectivity index (χ1) is 15.6. The molecule has 2 aromatic carbocycles. The number of carbonyl (C=O) groups is 2. The van der Waals surface area contributed by atoms with Crippen LogP contribution in [0.4, 0.5) is 4.79 Å². The van der Waals surface area contributed by atoms with Gasteiger partial charge in [0.05, 0.1) is 0 Å². The minimum atomic E-state index is -0.213. The van der Waals surface area contributed by atoms with Crippen molar-refractivity contribution in [3.8, 4) is 11.1 Å². The lowest BCUT2D eigenvalue weighted by Crippen LogP contribution is -2.56. The third kappa shape index (κ3) is 3.56. The first-order valence-corrected chi connectivity index (χ1v) is 11.9. The fourth-order valence-corrected chi connectivity index (χ4v) is 6.03. The van der Waals surface area contributed by atoms with Crippen LogP contribution < -0.4 is 0 Å². The molecule has 1 amide bonds. The molecule has 2 fully saturated rings. The van der Waals surface area contributed by atoms with Crippen LogP contribution in [0.5, 0.6) is 0 Å². The summed E-state index contributed by atoms with van der Waals surface area (Å²) in [6.45, 7) is 4.17. The van der Waals surface area contributed by atoms with Gasteiger partial charge < -0.3 is 9.64 Å². The highest BCUT2D eigenvalue weighted by molar-refractivity contribution is 5.96. The van der Waals surface area contributed by atoms with E-state index < -0.39 is 0 Å². The summed E-state index contributed by atoms with van der Waals surface area (Å²) in [5.74, 6) is 0.346. The second-order valence-electron chi connectivity index (χ2n) is 9.45. The molecule has 4 heteroatoms. The molecule has 4 nitrogen and oxygen atoms in total. The largest absolute Gasteiger partial charge is 0.448 e. The number of piperidine rings is 2. The maximum absolute atomic E-state index is 13.3. The van der Waals surface area contributed by atoms with Crippen LogP contribution in [-0.4, -0.2) is 35.5 Å². The van der Waals surface area contributed by atoms with E-state index in [1.54, 1.807) is 0 Å². The molecule has 0 N–H and O–H groups in total. The zero-order valence-corrected chi connectivity index (χ0v) is 18.9. The van der Waals surface area contributed by atoms with Gasteiger partial charge in [0.1, 0.15) is 6.61 Å². The number of nitrogens with zero attached hydrogens (tertiary/aromatic N) is 1. The van der Waals surface area contributed by atoms with Crippen LogP contribution in [-0.2, 0) is 9.53 Å². The first-order valence-electron chi connectivity index (χ1n) is 11.9. The van der Waals surface area contributed by atoms with Gasteiger partial charge in [-0.3, -0.25) is 4.79 Å². The Bertz CT molecular complexity index is 1010. The maximum atomic E-state index is 13.3. The van der Waals surface area contributed by atoms with E-state index in [1.165, 1.54) is 22.3 Å². The molecule has 3 aliphatic rings. The Morgan fingerprint density at radius 1 is 0.969 bits per heavy atom. The van der Waals surface area contributed by atoms with Crippen molar-refractivity contribution in [2.75, 3.05) is 6.61 Å². The van der Waals surface area contributed by atoms with Gasteiger partial charge in [-0.15, -0.1) is 0 Å². The molecule has 0 radical (unpaired) electrons. The summed E-state index contributed by atoms with van der Waals surface area (Å²) in [6.07, 6.45) is 6.23. The van der Waals surface area contributed by atoms with Gasteiger partial charge >= 0.3 is 6.09 Å². The van der Waals surface area contributed by atoms with Crippen molar-refractivity contribution < 1.29 is 14.3 Å². The van der Waals surface area contributed by atoms with E-state index in [1.807, 2.05) is 24.8 Å². The van der Waals surface area contributed by atoms with Gasteiger partial charge in [0.15, 0.2) is 5.78 Å². The smallest absolute Gasteiger partial charge is 0.410 e. The molecule has 0 spiro atoms. The van der Waals surface area contributed by atoms with Gasteiger partial charge in [0, 0.05) is 23.9 Å². The number of Topliss-reactive ketones (excluding diaryl/α,β-unsaturated/α-hetero) is 1. The van der Waals surface area contributed by atoms with Crippen molar-refractivity contribution in [2.45, 2.75) is 64.0 Å². The molecule has 2 bridgehead atoms. The molecule has 1 aliphatic carbocycles. The number of benzene rings is 2. The van der Waals surface area contributed by atoms with E-state index in [-0.39, 0.29) is 35.8 Å². The Morgan fingerprint density at radius 2 is 1.53 bits per heavy atom. The van der Waals surface area contributed by atoms with Crippen molar-refractivity contribution in [1.29, 1.82) is 0 Å². The Balaban J connectivity index is 1.31. The van der Waals surface area contributed by atoms with Crippen LogP contribution in [0.2, 0.25) is 0 Å². The van der Waals surface area contributed by atoms with Crippen LogP contribution >= 0.6 is 0 Å². The summed E-state index contributed by atoms with van der Waals surface area (Å²) < 4.78 is 5.97. The lowest BCUT2D eigenvalue weighted by molar-refractivity contribution is -0.122. The fraction of sp³-hybridized carbons (Fsp3) is 0.429. The molecule has 5 rings (SSSR count). The standard InChI is InChI=1S/C28H31NO3/c1-3-18(2)27(30)19-15-20-9-8-10-21(16-19)29(20)28(31)32-17-26-24-13-6-4-11-22(24)23-12-5-7-14-25(23)26/h3-7,11-14,19-21,26H,8-10,15-17H2,1-2H3. The average molecular weight is 430 g/mol. The maximum Gasteiger partial charge on any atom is 0.410 e. The summed E-state index contributed by atoms with van der Waals surface area (Å²) in [5, 5.41) is 0. The highest BCUT2D eigenvalue weighted by atomic mass is 16.6. The summed E-state index contributed by atoms with van der Waals surface area (Å²) >= 11 is 0. The quantitative estimate of drug-likeness (QED) is 0.551. The lowest BCUT2D eigenvalue weighted by atomic mass is 9.76. The molecule has 2 aromatic rings. The molecular formula is C28H31NO3. The SMILES string of the molecule is CC=C(C)C(=O)C1CC2CCCC(C1)N2C(=O)OCC1c2ccccc2-c2ccccc21. The zero-order valence-electron chi connectivity index (χ0n) is 18.9. The number of allylic oxidation sites excluding steroid dienone is 2. The third-order valence-corrected chi connectivity index (χ3v) is 7.71. The Morgan fingerprint density at radius 3 is 2.09 bits per heavy atom. The number of hydrogen-bond donors (Lipinski definition) is 0. The normalized spacial score (nSPS) is 24.6. The third-order valence-electron chi connectivity index (χ3n) is 7.71. The predicted octanol–water partition coefficient (Wildman–Crippen LogP) is 6.10. The van der Waals surface area contributed by atoms with E-state index >= 15 is 0 Å². The van der Waals surface area contributed by atoms with Crippen LogP contribution in [0.15, 0.2) is 60.2 Å². The van der Waals surface area contributed by atoms with Gasteiger partial charge in [-0.1, -0.05) is 54.6 Å². The summed E-state index contributed by atoms with van der Waals surface area (Å²) in [4.78, 5) is 28.0. The zero-order chi connectivity index (χ0) is 22.2. The fourth-order valence-electron chi connectivity index (χ4n) is 6.03. The van der Waals surface area contributed by atoms with E-state index in [2.05, 4.69) is 48.5 Å². The van der Waals surface area contributed by atoms with E-state index in [0.29, 0.717) is 6.61 Å². The van der Waals surface area contributed by atoms with E-state index in [0.717, 1.165) is 37.7 Å². The molecule has 2 saturated heterocycles. The van der Waals surface area contributed by atoms with Crippen LogP contribution in [0.1, 0.15) is 63.0 Å². The molecule has 2 atom stereocenters. The summed E-state index contributed by atoms with van der Waals surface area (Å²) in [7, 11) is 0. The Labute approximate surface area is 190 Å². The number of ketones is 1. The molecule has 166 valence electrons. The number of fused-ring (bicyclic) bond motifs is 5. The second-order valence-corrected chi connectivity index (χ2v) is 9.45. The summed E-state index contributed by atoms with van der Waals surface area (Å²) in [5.41, 5.74) is 5.77. The van der Waals surface area contributed by atoms with Gasteiger partial charge in [-0.05, 0) is 73.8 Å². The Kier molecular flexibility index (Phi) is 5.62. The number of amides is 1. The van der Waals surface area contributed by atoms with Crippen molar-refractivity contribution in [3.05, 3.63) is 71.3 Å². The molecule has 32 heavy (non-hydrogen) atoms. The van der Waals surface area contributed by atoms with Gasteiger partial charge in [-0.2, -0.15) is 0 Å². The van der Waals surface area contributed by atoms with Crippen LogP contribution in [0, 0.1) is 5.92 Å². The minimum Gasteiger partial charge on any atom is -0.448 e. The molecule has 2 aliphatic heterocycles. The highest BCUT2D eigenvalue weighted by Crippen LogP contribution is 2.45. The highest BCUT2D eigenvalue weighted by Gasteiger charge is 2.44. The van der Waals surface area contributed by atoms with E-state index in [9.17, 15) is 9.59 Å². The molecule has 0 aromatic heterocycles. The predicted molar refractivity (Wildman–Crippen MR) is 125 cm³/mol. The van der Waals surface area contributed by atoms with Crippen molar-refractivity contribution in [1.82, 2.24) is 4.90 Å². The minimum absolute atomic E-state index is 0.0270. The topological polar surface area (TPSA) is 46.6 Å². The Hall–Kier alpha value is -2.88. The van der Waals surface area contributed by atoms with Crippen molar-refractivity contribution >= 4 is 11.9 Å². The van der Waals surface area contributed by atoms with Crippen LogP contribution in [0.25, 0.3) is 11.1 Å². The molecule has 2 unspecified atom stereocenters. The molecule has 0 saturated carbocycles. The van der Waals surface area contributed by atoms with Crippen molar-refractivity contribution in [3.63, 3.8) is 0 Å². The lowest BCUT2D eigenvalue weighted by Gasteiger charge is -2.47. The van der Waals surface area contributed by atoms with Gasteiger partial charge in [0.25, 0.3) is 0 Å². The number of hydrogen-bond acceptors (Lipinski definition) is 3. The van der Waals surface area contributed by atoms with E-state index in [4.69, 9.17) is 4.74 Å². The number of ether oxygens (including phenoxy) is 1. The number of rotatable bonds is 4. The second kappa shape index (κ2) is 8.57. The number of carbonyl (C=O) groups excluding carboxylic acids is 2. The van der Waals surface area contributed by atoms with Crippen molar-refractivity contribution in [2.24, 2.45) is 5.92 Å². The summed E-state index contributed by atoms with van der Waals surface area (Å²) in [6, 6.07) is 17.0. The van der Waals surface area contributed by atoms with Gasteiger partial charge in [-0.25, -0.2) is 4.79 Å². The molecular weight excluding hydrogens is 398 g/mol. The van der Waals surface area contributed by atoms with Crippen LogP contribution in [0.3, 0.4) is 0 Å².